The van der Waals surface area contributed by atoms with Crippen LogP contribution < -0.4 is 10.6 Å². The lowest BCUT2D eigenvalue weighted by Crippen LogP contribution is -2.23. The number of halogens is 3. The van der Waals surface area contributed by atoms with Crippen LogP contribution in [0.2, 0.25) is 0 Å². The second-order valence-corrected chi connectivity index (χ2v) is 6.44. The first-order valence-electron chi connectivity index (χ1n) is 8.63. The molecule has 4 nitrogen and oxygen atoms in total. The molecule has 0 atom stereocenters. The molecule has 1 aliphatic rings. The number of anilines is 2. The molecule has 2 N–H and O–H groups in total. The van der Waals surface area contributed by atoms with Gasteiger partial charge >= 0.3 is 6.18 Å². The number of hydrogen-bond donors (Lipinski definition) is 2. The highest BCUT2D eigenvalue weighted by Gasteiger charge is 2.30. The first-order valence-corrected chi connectivity index (χ1v) is 8.63. The Kier molecular flexibility index (Phi) is 5.44. The number of carbonyl (C=O) groups is 1. The molecule has 0 bridgehead atoms. The van der Waals surface area contributed by atoms with Gasteiger partial charge in [-0.15, -0.1) is 0 Å². The van der Waals surface area contributed by atoms with Gasteiger partial charge in [-0.25, -0.2) is 4.98 Å². The van der Waals surface area contributed by atoms with Gasteiger partial charge in [0.05, 0.1) is 5.56 Å². The first-order chi connectivity index (χ1) is 12.4. The predicted octanol–water partition coefficient (Wildman–Crippen LogP) is 5.10. The van der Waals surface area contributed by atoms with E-state index in [0.29, 0.717) is 23.1 Å². The van der Waals surface area contributed by atoms with Crippen LogP contribution in [0.1, 0.15) is 48.0 Å². The number of pyridine rings is 1. The van der Waals surface area contributed by atoms with E-state index in [1.54, 1.807) is 18.3 Å². The molecule has 3 rings (SSSR count). The van der Waals surface area contributed by atoms with Crippen LogP contribution in [0.4, 0.5) is 24.7 Å². The summed E-state index contributed by atoms with van der Waals surface area (Å²) in [5.74, 6) is 0.246. The summed E-state index contributed by atoms with van der Waals surface area (Å²) < 4.78 is 37.7. The van der Waals surface area contributed by atoms with Crippen LogP contribution >= 0.6 is 0 Å². The number of benzene rings is 1. The zero-order valence-electron chi connectivity index (χ0n) is 14.1. The van der Waals surface area contributed by atoms with Gasteiger partial charge in [-0.05, 0) is 49.2 Å². The molecule has 0 radical (unpaired) electrons. The minimum absolute atomic E-state index is 0.307. The van der Waals surface area contributed by atoms with E-state index in [-0.39, 0.29) is 5.91 Å². The zero-order valence-corrected chi connectivity index (χ0v) is 14.1. The fourth-order valence-corrected chi connectivity index (χ4v) is 3.05. The fraction of sp³-hybridized carbons (Fsp3) is 0.368. The van der Waals surface area contributed by atoms with E-state index in [4.69, 9.17) is 0 Å². The minimum Gasteiger partial charge on any atom is -0.367 e. The number of aromatic nitrogens is 1. The average Bonchev–Trinajstić information content (AvgIpc) is 2.62. The van der Waals surface area contributed by atoms with E-state index in [9.17, 15) is 18.0 Å². The van der Waals surface area contributed by atoms with Crippen LogP contribution in [0.25, 0.3) is 0 Å². The molecule has 1 amide bonds. The molecule has 1 saturated carbocycles. The molecule has 0 spiro atoms. The summed E-state index contributed by atoms with van der Waals surface area (Å²) in [6, 6.07) is 7.96. The van der Waals surface area contributed by atoms with Crippen molar-refractivity contribution in [3.8, 4) is 0 Å². The summed E-state index contributed by atoms with van der Waals surface area (Å²) in [4.78, 5) is 16.6. The van der Waals surface area contributed by atoms with Gasteiger partial charge in [0.25, 0.3) is 5.91 Å². The smallest absolute Gasteiger partial charge is 0.367 e. The third-order valence-electron chi connectivity index (χ3n) is 4.45. The van der Waals surface area contributed by atoms with Gasteiger partial charge in [-0.3, -0.25) is 4.79 Å². The largest absolute Gasteiger partial charge is 0.416 e. The van der Waals surface area contributed by atoms with Gasteiger partial charge in [0.1, 0.15) is 5.82 Å². The summed E-state index contributed by atoms with van der Waals surface area (Å²) in [7, 11) is 0. The Hall–Kier alpha value is -2.57. The molecular weight excluding hydrogens is 343 g/mol. The van der Waals surface area contributed by atoms with Gasteiger partial charge in [-0.1, -0.05) is 19.3 Å². The van der Waals surface area contributed by atoms with Crippen LogP contribution in [0.15, 0.2) is 42.6 Å². The van der Waals surface area contributed by atoms with E-state index in [0.717, 1.165) is 25.0 Å². The number of alkyl halides is 3. The maximum atomic E-state index is 12.6. The summed E-state index contributed by atoms with van der Waals surface area (Å²) in [6.07, 6.45) is 2.95. The van der Waals surface area contributed by atoms with Crippen molar-refractivity contribution in [2.45, 2.75) is 44.3 Å². The van der Waals surface area contributed by atoms with Crippen molar-refractivity contribution in [3.63, 3.8) is 0 Å². The molecule has 26 heavy (non-hydrogen) atoms. The Morgan fingerprint density at radius 3 is 2.38 bits per heavy atom. The SMILES string of the molecule is O=C(Nc1ccc(C(F)(F)F)cc1)c1ccnc(NC2CCCCC2)c1. The summed E-state index contributed by atoms with van der Waals surface area (Å²) in [5, 5.41) is 5.95. The molecule has 1 fully saturated rings. The van der Waals surface area contributed by atoms with Gasteiger partial charge in [0.15, 0.2) is 0 Å². The summed E-state index contributed by atoms with van der Waals surface area (Å²) in [6.45, 7) is 0. The average molecular weight is 363 g/mol. The Morgan fingerprint density at radius 1 is 1.04 bits per heavy atom. The van der Waals surface area contributed by atoms with Crippen molar-refractivity contribution in [1.29, 1.82) is 0 Å². The minimum atomic E-state index is -4.40. The number of carbonyl (C=O) groups excluding carboxylic acids is 1. The van der Waals surface area contributed by atoms with Gasteiger partial charge in [0.2, 0.25) is 0 Å². The third kappa shape index (κ3) is 4.74. The van der Waals surface area contributed by atoms with E-state index in [1.807, 2.05) is 0 Å². The summed E-state index contributed by atoms with van der Waals surface area (Å²) in [5.41, 5.74) is -0.0433. The lowest BCUT2D eigenvalue weighted by atomic mass is 9.95. The number of rotatable bonds is 4. The Bertz CT molecular complexity index is 753. The maximum absolute atomic E-state index is 12.6. The molecule has 1 aliphatic carbocycles. The highest BCUT2D eigenvalue weighted by atomic mass is 19.4. The molecule has 0 saturated heterocycles. The maximum Gasteiger partial charge on any atom is 0.416 e. The van der Waals surface area contributed by atoms with E-state index >= 15 is 0 Å². The highest BCUT2D eigenvalue weighted by Crippen LogP contribution is 2.30. The molecule has 1 aromatic heterocycles. The van der Waals surface area contributed by atoms with Crippen LogP contribution in [-0.4, -0.2) is 16.9 Å². The lowest BCUT2D eigenvalue weighted by molar-refractivity contribution is -0.137. The zero-order chi connectivity index (χ0) is 18.6. The Morgan fingerprint density at radius 2 is 1.73 bits per heavy atom. The van der Waals surface area contributed by atoms with E-state index < -0.39 is 11.7 Å². The van der Waals surface area contributed by atoms with Gasteiger partial charge in [-0.2, -0.15) is 13.2 Å². The van der Waals surface area contributed by atoms with Crippen molar-refractivity contribution in [2.75, 3.05) is 10.6 Å². The van der Waals surface area contributed by atoms with Crippen molar-refractivity contribution < 1.29 is 18.0 Å². The molecular formula is C19H20F3N3O. The molecule has 1 aromatic carbocycles. The van der Waals surface area contributed by atoms with Crippen LogP contribution in [-0.2, 0) is 6.18 Å². The number of nitrogens with one attached hydrogen (secondary N) is 2. The van der Waals surface area contributed by atoms with Crippen molar-refractivity contribution in [2.24, 2.45) is 0 Å². The van der Waals surface area contributed by atoms with E-state index in [1.165, 1.54) is 31.4 Å². The van der Waals surface area contributed by atoms with Crippen LogP contribution in [0.5, 0.6) is 0 Å². The third-order valence-corrected chi connectivity index (χ3v) is 4.45. The predicted molar refractivity (Wildman–Crippen MR) is 94.1 cm³/mol. The molecule has 1 heterocycles. The normalized spacial score (nSPS) is 15.5. The summed E-state index contributed by atoms with van der Waals surface area (Å²) >= 11 is 0. The lowest BCUT2D eigenvalue weighted by Gasteiger charge is -2.23. The second kappa shape index (κ2) is 7.76. The highest BCUT2D eigenvalue weighted by molar-refractivity contribution is 6.04. The van der Waals surface area contributed by atoms with Gasteiger partial charge < -0.3 is 10.6 Å². The van der Waals surface area contributed by atoms with E-state index in [2.05, 4.69) is 15.6 Å². The molecule has 7 heteroatoms. The molecule has 0 unspecified atom stereocenters. The topological polar surface area (TPSA) is 54.0 Å². The number of nitrogens with zero attached hydrogens (tertiary/aromatic N) is 1. The Balaban J connectivity index is 1.65. The molecule has 138 valence electrons. The quantitative estimate of drug-likeness (QED) is 0.795. The second-order valence-electron chi connectivity index (χ2n) is 6.44. The number of amides is 1. The van der Waals surface area contributed by atoms with Gasteiger partial charge in [0, 0.05) is 23.5 Å². The number of hydrogen-bond acceptors (Lipinski definition) is 3. The van der Waals surface area contributed by atoms with Crippen LogP contribution in [0.3, 0.4) is 0 Å². The van der Waals surface area contributed by atoms with Crippen molar-refractivity contribution in [3.05, 3.63) is 53.7 Å². The molecule has 0 aliphatic heterocycles. The monoisotopic (exact) mass is 363 g/mol. The Labute approximate surface area is 149 Å². The fourth-order valence-electron chi connectivity index (χ4n) is 3.05. The van der Waals surface area contributed by atoms with Crippen molar-refractivity contribution in [1.82, 2.24) is 4.98 Å². The molecule has 2 aromatic rings. The standard InChI is InChI=1S/C19H20F3N3O/c20-19(21,22)14-6-8-16(9-7-14)25-18(26)13-10-11-23-17(12-13)24-15-4-2-1-3-5-15/h6-12,15H,1-5H2,(H,23,24)(H,25,26). The van der Waals surface area contributed by atoms with Crippen molar-refractivity contribution >= 4 is 17.4 Å². The van der Waals surface area contributed by atoms with Crippen LogP contribution in [0, 0.1) is 0 Å². The first kappa shape index (κ1) is 18.2.